The molecule has 0 heterocycles. The average Bonchev–Trinajstić information content (AvgIpc) is 2.37. The highest BCUT2D eigenvalue weighted by Crippen LogP contribution is 2.14. The third-order valence-corrected chi connectivity index (χ3v) is 3.10. The topological polar surface area (TPSA) is 75.6 Å². The number of rotatable bonds is 7. The molecule has 0 fully saturated rings. The number of carbonyl (C=O) groups is 2. The minimum absolute atomic E-state index is 0.0304. The van der Waals surface area contributed by atoms with Gasteiger partial charge in [-0.05, 0) is 25.0 Å². The van der Waals surface area contributed by atoms with Crippen molar-refractivity contribution in [3.05, 3.63) is 30.1 Å². The van der Waals surface area contributed by atoms with Gasteiger partial charge in [0.15, 0.2) is 6.10 Å². The smallest absolute Gasteiger partial charge is 0.308 e. The molecule has 0 bridgehead atoms. The molecule has 0 spiro atoms. The van der Waals surface area contributed by atoms with E-state index in [1.165, 1.54) is 25.1 Å². The first-order valence-electron chi connectivity index (χ1n) is 6.74. The number of ether oxygens (including phenoxy) is 1. The maximum atomic E-state index is 13.0. The number of halogens is 1. The van der Waals surface area contributed by atoms with Crippen LogP contribution in [-0.4, -0.2) is 29.6 Å². The zero-order chi connectivity index (χ0) is 16.0. The fourth-order valence-electron chi connectivity index (χ4n) is 1.76. The molecule has 0 aliphatic rings. The molecule has 0 radical (unpaired) electrons. The maximum Gasteiger partial charge on any atom is 0.308 e. The summed E-state index contributed by atoms with van der Waals surface area (Å²) in [4.78, 5) is 22.9. The van der Waals surface area contributed by atoms with Crippen molar-refractivity contribution in [3.63, 3.8) is 0 Å². The molecule has 2 N–H and O–H groups in total. The van der Waals surface area contributed by atoms with Crippen molar-refractivity contribution in [3.8, 4) is 5.75 Å². The molecule has 2 atom stereocenters. The van der Waals surface area contributed by atoms with Gasteiger partial charge in [-0.1, -0.05) is 19.9 Å². The lowest BCUT2D eigenvalue weighted by Crippen LogP contribution is -2.41. The van der Waals surface area contributed by atoms with Crippen LogP contribution in [0.15, 0.2) is 24.3 Å². The summed E-state index contributed by atoms with van der Waals surface area (Å²) in [5.74, 6) is -2.35. The summed E-state index contributed by atoms with van der Waals surface area (Å²) in [6.45, 7) is 5.10. The summed E-state index contributed by atoms with van der Waals surface area (Å²) in [6, 6.07) is 5.48. The standard InChI is InChI=1S/C15H20FNO4/c1-9(2)13(15(19)20)8-17-14(18)10(3)21-12-6-4-5-11(16)7-12/h4-7,9-10,13H,8H2,1-3H3,(H,17,18)(H,19,20). The molecule has 21 heavy (non-hydrogen) atoms. The van der Waals surface area contributed by atoms with Crippen LogP contribution in [-0.2, 0) is 9.59 Å². The van der Waals surface area contributed by atoms with Crippen LogP contribution in [0.25, 0.3) is 0 Å². The van der Waals surface area contributed by atoms with Crippen LogP contribution < -0.4 is 10.1 Å². The van der Waals surface area contributed by atoms with Gasteiger partial charge in [0.2, 0.25) is 0 Å². The first-order valence-corrected chi connectivity index (χ1v) is 6.74. The van der Waals surface area contributed by atoms with Gasteiger partial charge in [-0.2, -0.15) is 0 Å². The Morgan fingerprint density at radius 3 is 2.52 bits per heavy atom. The zero-order valence-electron chi connectivity index (χ0n) is 12.3. The van der Waals surface area contributed by atoms with E-state index < -0.39 is 29.7 Å². The highest BCUT2D eigenvalue weighted by atomic mass is 19.1. The Bertz CT molecular complexity index is 504. The fraction of sp³-hybridized carbons (Fsp3) is 0.467. The SMILES string of the molecule is CC(Oc1cccc(F)c1)C(=O)NCC(C(=O)O)C(C)C. The van der Waals surface area contributed by atoms with Crippen molar-refractivity contribution in [2.75, 3.05) is 6.54 Å². The highest BCUT2D eigenvalue weighted by Gasteiger charge is 2.23. The molecule has 0 aliphatic heterocycles. The average molecular weight is 297 g/mol. The normalized spacial score (nSPS) is 13.6. The molecule has 1 aromatic rings. The van der Waals surface area contributed by atoms with Gasteiger partial charge in [0.25, 0.3) is 5.91 Å². The number of aliphatic carboxylic acids is 1. The molecule has 0 saturated heterocycles. The van der Waals surface area contributed by atoms with Crippen LogP contribution in [0.3, 0.4) is 0 Å². The third-order valence-electron chi connectivity index (χ3n) is 3.10. The van der Waals surface area contributed by atoms with Gasteiger partial charge >= 0.3 is 5.97 Å². The lowest BCUT2D eigenvalue weighted by molar-refractivity contribution is -0.143. The van der Waals surface area contributed by atoms with Gasteiger partial charge in [0.1, 0.15) is 11.6 Å². The van der Waals surface area contributed by atoms with Crippen LogP contribution in [0.5, 0.6) is 5.75 Å². The molecule has 6 heteroatoms. The Morgan fingerprint density at radius 2 is 2.00 bits per heavy atom. The van der Waals surface area contributed by atoms with Gasteiger partial charge in [-0.3, -0.25) is 9.59 Å². The first kappa shape index (κ1) is 16.9. The number of carboxylic acid groups (broad SMARTS) is 1. The predicted molar refractivity (Wildman–Crippen MR) is 75.5 cm³/mol. The number of benzene rings is 1. The quantitative estimate of drug-likeness (QED) is 0.808. The Labute approximate surface area is 123 Å². The van der Waals surface area contributed by atoms with Gasteiger partial charge in [0, 0.05) is 12.6 Å². The summed E-state index contributed by atoms with van der Waals surface area (Å²) in [6.07, 6.45) is -0.839. The zero-order valence-corrected chi connectivity index (χ0v) is 12.3. The van der Waals surface area contributed by atoms with Crippen LogP contribution in [0, 0.1) is 17.7 Å². The number of carboxylic acids is 1. The van der Waals surface area contributed by atoms with E-state index in [1.807, 2.05) is 0 Å². The number of hydrogen-bond donors (Lipinski definition) is 2. The van der Waals surface area contributed by atoms with Crippen LogP contribution in [0.2, 0.25) is 0 Å². The van der Waals surface area contributed by atoms with E-state index >= 15 is 0 Å². The molecule has 1 rings (SSSR count). The minimum atomic E-state index is -0.955. The lowest BCUT2D eigenvalue weighted by atomic mass is 9.96. The molecule has 116 valence electrons. The first-order chi connectivity index (χ1) is 9.81. The molecular formula is C15H20FNO4. The second-order valence-electron chi connectivity index (χ2n) is 5.15. The minimum Gasteiger partial charge on any atom is -0.481 e. The molecule has 1 aromatic carbocycles. The van der Waals surface area contributed by atoms with Crippen molar-refractivity contribution in [1.29, 1.82) is 0 Å². The summed E-state index contributed by atoms with van der Waals surface area (Å²) in [5.41, 5.74) is 0. The summed E-state index contributed by atoms with van der Waals surface area (Å²) in [5, 5.41) is 11.6. The molecule has 0 aliphatic carbocycles. The van der Waals surface area contributed by atoms with E-state index in [9.17, 15) is 14.0 Å². The van der Waals surface area contributed by atoms with Crippen molar-refractivity contribution in [2.24, 2.45) is 11.8 Å². The van der Waals surface area contributed by atoms with Crippen molar-refractivity contribution in [1.82, 2.24) is 5.32 Å². The van der Waals surface area contributed by atoms with Crippen molar-refractivity contribution >= 4 is 11.9 Å². The number of hydrogen-bond acceptors (Lipinski definition) is 3. The molecule has 0 saturated carbocycles. The predicted octanol–water partition coefficient (Wildman–Crippen LogP) is 2.07. The number of amides is 1. The van der Waals surface area contributed by atoms with Crippen LogP contribution in [0.1, 0.15) is 20.8 Å². The van der Waals surface area contributed by atoms with Gasteiger partial charge in [-0.15, -0.1) is 0 Å². The Kier molecular flexibility index (Phi) is 6.14. The second-order valence-corrected chi connectivity index (χ2v) is 5.15. The van der Waals surface area contributed by atoms with Gasteiger partial charge < -0.3 is 15.2 Å². The van der Waals surface area contributed by atoms with Crippen molar-refractivity contribution in [2.45, 2.75) is 26.9 Å². The maximum absolute atomic E-state index is 13.0. The molecule has 0 aromatic heterocycles. The second kappa shape index (κ2) is 7.61. The number of carbonyl (C=O) groups excluding carboxylic acids is 1. The summed E-state index contributed by atoms with van der Waals surface area (Å²) >= 11 is 0. The van der Waals surface area contributed by atoms with E-state index in [0.29, 0.717) is 0 Å². The van der Waals surface area contributed by atoms with E-state index in [-0.39, 0.29) is 18.2 Å². The van der Waals surface area contributed by atoms with Crippen LogP contribution >= 0.6 is 0 Å². The Hall–Kier alpha value is -2.11. The van der Waals surface area contributed by atoms with E-state index in [1.54, 1.807) is 19.9 Å². The van der Waals surface area contributed by atoms with Crippen LogP contribution in [0.4, 0.5) is 4.39 Å². The van der Waals surface area contributed by atoms with E-state index in [2.05, 4.69) is 5.32 Å². The number of nitrogens with one attached hydrogen (secondary N) is 1. The molecular weight excluding hydrogens is 277 g/mol. The molecule has 5 nitrogen and oxygen atoms in total. The fourth-order valence-corrected chi connectivity index (χ4v) is 1.76. The highest BCUT2D eigenvalue weighted by molar-refractivity contribution is 5.81. The Morgan fingerprint density at radius 1 is 1.33 bits per heavy atom. The van der Waals surface area contributed by atoms with E-state index in [0.717, 1.165) is 0 Å². The van der Waals surface area contributed by atoms with Crippen molar-refractivity contribution < 1.29 is 23.8 Å². The summed E-state index contributed by atoms with van der Waals surface area (Å²) < 4.78 is 18.3. The van der Waals surface area contributed by atoms with Gasteiger partial charge in [0.05, 0.1) is 5.92 Å². The molecule has 1 amide bonds. The third kappa shape index (κ3) is 5.41. The Balaban J connectivity index is 2.53. The lowest BCUT2D eigenvalue weighted by Gasteiger charge is -2.19. The molecule has 2 unspecified atom stereocenters. The monoisotopic (exact) mass is 297 g/mol. The summed E-state index contributed by atoms with van der Waals surface area (Å²) in [7, 11) is 0. The largest absolute Gasteiger partial charge is 0.481 e. The van der Waals surface area contributed by atoms with E-state index in [4.69, 9.17) is 9.84 Å². The van der Waals surface area contributed by atoms with Gasteiger partial charge in [-0.25, -0.2) is 4.39 Å².